The van der Waals surface area contributed by atoms with Gasteiger partial charge in [0.1, 0.15) is 0 Å². The molecule has 1 aromatic rings. The first-order chi connectivity index (χ1) is 8.29. The number of nitrogens with one attached hydrogen (secondary N) is 2. The number of likely N-dealkylation sites (tertiary alicyclic amines) is 1. The molecule has 1 fully saturated rings. The Bertz CT molecular complexity index is 368. The topological polar surface area (TPSA) is 57.3 Å². The van der Waals surface area contributed by atoms with E-state index in [0.29, 0.717) is 12.6 Å². The van der Waals surface area contributed by atoms with Gasteiger partial charge in [-0.3, -0.25) is 4.98 Å². The van der Waals surface area contributed by atoms with Crippen LogP contribution in [0.3, 0.4) is 0 Å². The molecule has 1 aliphatic heterocycles. The Morgan fingerprint density at radius 2 is 2.53 bits per heavy atom. The van der Waals surface area contributed by atoms with E-state index in [0.717, 1.165) is 25.2 Å². The fourth-order valence-electron chi connectivity index (χ4n) is 2.01. The Morgan fingerprint density at radius 1 is 1.65 bits per heavy atom. The molecule has 1 atom stereocenters. The van der Waals surface area contributed by atoms with Gasteiger partial charge >= 0.3 is 6.03 Å². The third-order valence-electron chi connectivity index (χ3n) is 2.84. The second-order valence-electron chi connectivity index (χ2n) is 4.15. The number of anilines is 1. The van der Waals surface area contributed by atoms with E-state index in [9.17, 15) is 4.79 Å². The molecule has 2 amide bonds. The van der Waals surface area contributed by atoms with Crippen molar-refractivity contribution in [3.05, 3.63) is 24.5 Å². The van der Waals surface area contributed by atoms with E-state index in [-0.39, 0.29) is 6.03 Å². The van der Waals surface area contributed by atoms with Crippen molar-refractivity contribution in [1.29, 1.82) is 0 Å². The van der Waals surface area contributed by atoms with Gasteiger partial charge in [0.25, 0.3) is 0 Å². The first kappa shape index (κ1) is 11.7. The number of nitrogens with zero attached hydrogens (tertiary/aromatic N) is 2. The quantitative estimate of drug-likeness (QED) is 0.828. The van der Waals surface area contributed by atoms with Crippen LogP contribution < -0.4 is 10.6 Å². The third kappa shape index (κ3) is 3.09. The Kier molecular flexibility index (Phi) is 3.80. The Morgan fingerprint density at radius 3 is 3.24 bits per heavy atom. The maximum absolute atomic E-state index is 11.6. The summed E-state index contributed by atoms with van der Waals surface area (Å²) in [6.07, 6.45) is 4.53. The summed E-state index contributed by atoms with van der Waals surface area (Å²) in [5.74, 6) is 0. The number of rotatable bonds is 3. The van der Waals surface area contributed by atoms with Gasteiger partial charge in [0.2, 0.25) is 0 Å². The van der Waals surface area contributed by atoms with E-state index >= 15 is 0 Å². The lowest BCUT2D eigenvalue weighted by Crippen LogP contribution is -2.39. The molecule has 0 spiro atoms. The molecule has 2 heterocycles. The second-order valence-corrected chi connectivity index (χ2v) is 4.15. The first-order valence-electron chi connectivity index (χ1n) is 5.99. The molecule has 92 valence electrons. The minimum atomic E-state index is 0.0305. The molecule has 1 aliphatic rings. The standard InChI is InChI=1S/C12H18N4O/c1-2-14-12(17)16-7-5-11(9-16)15-10-4-3-6-13-8-10/h3-4,6,8,11,15H,2,5,7,9H2,1H3,(H,14,17). The zero-order valence-electron chi connectivity index (χ0n) is 10.0. The van der Waals surface area contributed by atoms with E-state index in [2.05, 4.69) is 15.6 Å². The Balaban J connectivity index is 1.84. The molecule has 0 aliphatic carbocycles. The molecular formula is C12H18N4O. The number of aromatic nitrogens is 1. The Labute approximate surface area is 101 Å². The largest absolute Gasteiger partial charge is 0.379 e. The minimum absolute atomic E-state index is 0.0305. The average molecular weight is 234 g/mol. The van der Waals surface area contributed by atoms with Crippen LogP contribution in [0.2, 0.25) is 0 Å². The Hall–Kier alpha value is -1.78. The maximum atomic E-state index is 11.6. The minimum Gasteiger partial charge on any atom is -0.379 e. The summed E-state index contributed by atoms with van der Waals surface area (Å²) < 4.78 is 0. The molecule has 0 aromatic carbocycles. The molecule has 5 heteroatoms. The predicted octanol–water partition coefficient (Wildman–Crippen LogP) is 1.30. The summed E-state index contributed by atoms with van der Waals surface area (Å²) in [5, 5.41) is 6.20. The average Bonchev–Trinajstić information content (AvgIpc) is 2.79. The molecule has 17 heavy (non-hydrogen) atoms. The van der Waals surface area contributed by atoms with Gasteiger partial charge in [-0.2, -0.15) is 0 Å². The van der Waals surface area contributed by atoms with E-state index in [1.54, 1.807) is 12.4 Å². The second kappa shape index (κ2) is 5.52. The van der Waals surface area contributed by atoms with Gasteiger partial charge in [-0.05, 0) is 25.5 Å². The molecule has 2 rings (SSSR count). The van der Waals surface area contributed by atoms with E-state index < -0.39 is 0 Å². The van der Waals surface area contributed by atoms with Crippen molar-refractivity contribution in [2.75, 3.05) is 25.0 Å². The zero-order valence-corrected chi connectivity index (χ0v) is 10.0. The molecule has 1 unspecified atom stereocenters. The molecule has 0 radical (unpaired) electrons. The predicted molar refractivity (Wildman–Crippen MR) is 66.9 cm³/mol. The highest BCUT2D eigenvalue weighted by atomic mass is 16.2. The normalized spacial score (nSPS) is 19.1. The summed E-state index contributed by atoms with van der Waals surface area (Å²) in [7, 11) is 0. The smallest absolute Gasteiger partial charge is 0.317 e. The maximum Gasteiger partial charge on any atom is 0.317 e. The van der Waals surface area contributed by atoms with Crippen LogP contribution >= 0.6 is 0 Å². The van der Waals surface area contributed by atoms with Crippen molar-refractivity contribution in [2.24, 2.45) is 0 Å². The van der Waals surface area contributed by atoms with Crippen molar-refractivity contribution in [3.63, 3.8) is 0 Å². The number of amides is 2. The van der Waals surface area contributed by atoms with E-state index in [1.165, 1.54) is 0 Å². The highest BCUT2D eigenvalue weighted by Gasteiger charge is 2.25. The van der Waals surface area contributed by atoms with Gasteiger partial charge in [0, 0.05) is 38.1 Å². The molecule has 0 saturated carbocycles. The summed E-state index contributed by atoms with van der Waals surface area (Å²) in [4.78, 5) is 17.5. The fraction of sp³-hybridized carbons (Fsp3) is 0.500. The van der Waals surface area contributed by atoms with Crippen LogP contribution in [0.25, 0.3) is 0 Å². The number of pyridine rings is 1. The SMILES string of the molecule is CCNC(=O)N1CCC(Nc2cccnc2)C1. The summed E-state index contributed by atoms with van der Waals surface area (Å²) in [6.45, 7) is 4.17. The molecule has 0 bridgehead atoms. The van der Waals surface area contributed by atoms with Crippen molar-refractivity contribution in [3.8, 4) is 0 Å². The lowest BCUT2D eigenvalue weighted by atomic mass is 10.2. The van der Waals surface area contributed by atoms with Crippen LogP contribution in [0.5, 0.6) is 0 Å². The van der Waals surface area contributed by atoms with E-state index in [1.807, 2.05) is 24.0 Å². The first-order valence-corrected chi connectivity index (χ1v) is 5.99. The van der Waals surface area contributed by atoms with Gasteiger partial charge in [0.15, 0.2) is 0 Å². The van der Waals surface area contributed by atoms with Crippen molar-refractivity contribution >= 4 is 11.7 Å². The number of carbonyl (C=O) groups is 1. The third-order valence-corrected chi connectivity index (χ3v) is 2.84. The number of carbonyl (C=O) groups excluding carboxylic acids is 1. The van der Waals surface area contributed by atoms with Crippen molar-refractivity contribution in [2.45, 2.75) is 19.4 Å². The molecular weight excluding hydrogens is 216 g/mol. The highest BCUT2D eigenvalue weighted by Crippen LogP contribution is 2.14. The molecule has 1 saturated heterocycles. The number of urea groups is 1. The lowest BCUT2D eigenvalue weighted by molar-refractivity contribution is 0.209. The van der Waals surface area contributed by atoms with Crippen LogP contribution in [0, 0.1) is 0 Å². The van der Waals surface area contributed by atoms with Crippen LogP contribution in [-0.2, 0) is 0 Å². The van der Waals surface area contributed by atoms with Crippen LogP contribution in [0.15, 0.2) is 24.5 Å². The molecule has 2 N–H and O–H groups in total. The summed E-state index contributed by atoms with van der Waals surface area (Å²) >= 11 is 0. The van der Waals surface area contributed by atoms with Gasteiger partial charge in [0.05, 0.1) is 5.69 Å². The van der Waals surface area contributed by atoms with Gasteiger partial charge in [-0.15, -0.1) is 0 Å². The van der Waals surface area contributed by atoms with Gasteiger partial charge < -0.3 is 15.5 Å². The fourth-order valence-corrected chi connectivity index (χ4v) is 2.01. The lowest BCUT2D eigenvalue weighted by Gasteiger charge is -2.17. The number of hydrogen-bond acceptors (Lipinski definition) is 3. The zero-order chi connectivity index (χ0) is 12.1. The summed E-state index contributed by atoms with van der Waals surface area (Å²) in [5.41, 5.74) is 1.01. The van der Waals surface area contributed by atoms with Gasteiger partial charge in [-0.25, -0.2) is 4.79 Å². The highest BCUT2D eigenvalue weighted by molar-refractivity contribution is 5.74. The van der Waals surface area contributed by atoms with Crippen LogP contribution in [-0.4, -0.2) is 41.6 Å². The van der Waals surface area contributed by atoms with Crippen molar-refractivity contribution in [1.82, 2.24) is 15.2 Å². The van der Waals surface area contributed by atoms with Gasteiger partial charge in [-0.1, -0.05) is 0 Å². The van der Waals surface area contributed by atoms with Crippen molar-refractivity contribution < 1.29 is 4.79 Å². The van der Waals surface area contributed by atoms with E-state index in [4.69, 9.17) is 0 Å². The van der Waals surface area contributed by atoms with Crippen LogP contribution in [0.1, 0.15) is 13.3 Å². The molecule has 1 aromatic heterocycles. The number of hydrogen-bond donors (Lipinski definition) is 2. The molecule has 5 nitrogen and oxygen atoms in total. The summed E-state index contributed by atoms with van der Waals surface area (Å²) in [6, 6.07) is 4.24. The van der Waals surface area contributed by atoms with Crippen LogP contribution in [0.4, 0.5) is 10.5 Å². The monoisotopic (exact) mass is 234 g/mol.